The molecule has 0 amide bonds. The zero-order valence-electron chi connectivity index (χ0n) is 23.7. The molecule has 0 saturated carbocycles. The van der Waals surface area contributed by atoms with Crippen LogP contribution in [0.3, 0.4) is 0 Å². The van der Waals surface area contributed by atoms with Gasteiger partial charge < -0.3 is 9.47 Å². The zero-order chi connectivity index (χ0) is 25.7. The molecule has 35 heavy (non-hydrogen) atoms. The van der Waals surface area contributed by atoms with Crippen molar-refractivity contribution in [3.05, 3.63) is 0 Å². The Morgan fingerprint density at radius 2 is 0.971 bits per heavy atom. The summed E-state index contributed by atoms with van der Waals surface area (Å²) < 4.78 is 10.3. The topological polar surface area (TPSA) is 52.6 Å². The van der Waals surface area contributed by atoms with Crippen molar-refractivity contribution >= 4 is 12.4 Å². The maximum absolute atomic E-state index is 12.4. The van der Waals surface area contributed by atoms with Gasteiger partial charge in [-0.15, -0.1) is 0 Å². The van der Waals surface area contributed by atoms with Gasteiger partial charge in [-0.25, -0.2) is 0 Å². The zero-order valence-corrected chi connectivity index (χ0v) is 23.7. The fraction of sp³-hybridized carbons (Fsp3) is 0.935. The third-order valence-corrected chi connectivity index (χ3v) is 7.12. The van der Waals surface area contributed by atoms with Gasteiger partial charge in [0.25, 0.3) is 6.47 Å². The van der Waals surface area contributed by atoms with Crippen molar-refractivity contribution in [1.82, 2.24) is 0 Å². The number of ether oxygens (including phenoxy) is 2. The first-order valence-electron chi connectivity index (χ1n) is 15.4. The van der Waals surface area contributed by atoms with Gasteiger partial charge in [-0.1, -0.05) is 136 Å². The van der Waals surface area contributed by atoms with E-state index in [1.165, 1.54) is 128 Å². The van der Waals surface area contributed by atoms with Gasteiger partial charge in [-0.3, -0.25) is 9.59 Å². The van der Waals surface area contributed by atoms with E-state index in [-0.39, 0.29) is 5.97 Å². The highest BCUT2D eigenvalue weighted by atomic mass is 16.5. The highest BCUT2D eigenvalue weighted by molar-refractivity contribution is 5.69. The fourth-order valence-corrected chi connectivity index (χ4v) is 4.83. The molecular formula is C31H60O4. The lowest BCUT2D eigenvalue weighted by atomic mass is 9.91. The Labute approximate surface area is 218 Å². The maximum Gasteiger partial charge on any atom is 0.306 e. The van der Waals surface area contributed by atoms with Crippen molar-refractivity contribution in [2.75, 3.05) is 13.2 Å². The molecule has 0 fully saturated rings. The smallest absolute Gasteiger partial charge is 0.306 e. The van der Waals surface area contributed by atoms with Crippen LogP contribution in [0.5, 0.6) is 0 Å². The van der Waals surface area contributed by atoms with E-state index < -0.39 is 0 Å². The van der Waals surface area contributed by atoms with Crippen LogP contribution in [0.1, 0.15) is 168 Å². The number of carbonyl (C=O) groups excluding carboxylic acids is 2. The molecule has 0 unspecified atom stereocenters. The lowest BCUT2D eigenvalue weighted by molar-refractivity contribution is -0.145. The third-order valence-electron chi connectivity index (χ3n) is 7.12. The van der Waals surface area contributed by atoms with Gasteiger partial charge >= 0.3 is 5.97 Å². The first-order chi connectivity index (χ1) is 17.2. The van der Waals surface area contributed by atoms with Crippen molar-refractivity contribution in [2.45, 2.75) is 168 Å². The first kappa shape index (κ1) is 33.9. The van der Waals surface area contributed by atoms with Crippen molar-refractivity contribution < 1.29 is 19.1 Å². The molecule has 4 heteroatoms. The standard InChI is InChI=1S/C31H60O4/c1-3-5-7-16-20-24-30(25-21-17-8-6-4-2)28-31(33)35-27-23-19-15-13-11-9-10-12-14-18-22-26-34-29-32/h29-30H,3-28H2,1-2H3. The molecule has 0 rings (SSSR count). The van der Waals surface area contributed by atoms with Gasteiger partial charge in [-0.05, 0) is 31.6 Å². The van der Waals surface area contributed by atoms with Crippen LogP contribution in [0.4, 0.5) is 0 Å². The van der Waals surface area contributed by atoms with E-state index in [9.17, 15) is 9.59 Å². The Hall–Kier alpha value is -1.06. The molecule has 0 aliphatic heterocycles. The van der Waals surface area contributed by atoms with Gasteiger partial charge in [0.1, 0.15) is 0 Å². The number of unbranched alkanes of at least 4 members (excludes halogenated alkanes) is 18. The highest BCUT2D eigenvalue weighted by Crippen LogP contribution is 2.22. The average molecular weight is 497 g/mol. The van der Waals surface area contributed by atoms with Crippen molar-refractivity contribution in [2.24, 2.45) is 5.92 Å². The Morgan fingerprint density at radius 3 is 1.43 bits per heavy atom. The number of carbonyl (C=O) groups is 2. The van der Waals surface area contributed by atoms with Crippen LogP contribution in [0.2, 0.25) is 0 Å². The Bertz CT molecular complexity index is 424. The van der Waals surface area contributed by atoms with E-state index >= 15 is 0 Å². The van der Waals surface area contributed by atoms with Gasteiger partial charge in [0.05, 0.1) is 13.2 Å². The molecule has 0 spiro atoms. The molecule has 0 aromatic heterocycles. The average Bonchev–Trinajstić information content (AvgIpc) is 2.85. The molecule has 0 bridgehead atoms. The predicted molar refractivity (Wildman–Crippen MR) is 149 cm³/mol. The van der Waals surface area contributed by atoms with Gasteiger partial charge in [-0.2, -0.15) is 0 Å². The summed E-state index contributed by atoms with van der Waals surface area (Å²) in [6.45, 7) is 6.23. The summed E-state index contributed by atoms with van der Waals surface area (Å²) in [5.74, 6) is 0.560. The van der Waals surface area contributed by atoms with Crippen LogP contribution in [0, 0.1) is 5.92 Å². The molecule has 0 saturated heterocycles. The SMILES string of the molecule is CCCCCCCC(CCCCCCC)CC(=O)OCCCCCCCCCCCCCOC=O. The second kappa shape index (κ2) is 29.2. The summed E-state index contributed by atoms with van der Waals surface area (Å²) in [4.78, 5) is 22.5. The summed E-state index contributed by atoms with van der Waals surface area (Å²) in [6, 6.07) is 0. The molecular weight excluding hydrogens is 436 g/mol. The van der Waals surface area contributed by atoms with Crippen molar-refractivity contribution in [3.8, 4) is 0 Å². The molecule has 0 aliphatic carbocycles. The fourth-order valence-electron chi connectivity index (χ4n) is 4.83. The highest BCUT2D eigenvalue weighted by Gasteiger charge is 2.15. The van der Waals surface area contributed by atoms with E-state index in [2.05, 4.69) is 13.8 Å². The second-order valence-corrected chi connectivity index (χ2v) is 10.6. The van der Waals surface area contributed by atoms with Crippen LogP contribution in [-0.4, -0.2) is 25.7 Å². The lowest BCUT2D eigenvalue weighted by Gasteiger charge is -2.16. The number of hydrogen-bond donors (Lipinski definition) is 0. The quantitative estimate of drug-likeness (QED) is 0.0587. The summed E-state index contributed by atoms with van der Waals surface area (Å²) in [5.41, 5.74) is 0. The van der Waals surface area contributed by atoms with Gasteiger partial charge in [0.15, 0.2) is 0 Å². The number of rotatable bonds is 29. The van der Waals surface area contributed by atoms with Crippen LogP contribution < -0.4 is 0 Å². The van der Waals surface area contributed by atoms with E-state index in [0.717, 1.165) is 19.3 Å². The minimum atomic E-state index is 0.0369. The van der Waals surface area contributed by atoms with Crippen LogP contribution in [0.15, 0.2) is 0 Å². The molecule has 0 aromatic rings. The van der Waals surface area contributed by atoms with Crippen molar-refractivity contribution in [3.63, 3.8) is 0 Å². The van der Waals surface area contributed by atoms with Crippen LogP contribution >= 0.6 is 0 Å². The molecule has 0 aromatic carbocycles. The molecule has 0 N–H and O–H groups in total. The molecule has 0 heterocycles. The maximum atomic E-state index is 12.4. The molecule has 0 aliphatic rings. The largest absolute Gasteiger partial charge is 0.468 e. The predicted octanol–water partition coefficient (Wildman–Crippen LogP) is 9.72. The minimum absolute atomic E-state index is 0.0369. The normalized spacial score (nSPS) is 11.2. The summed E-state index contributed by atoms with van der Waals surface area (Å²) in [7, 11) is 0. The molecule has 0 atom stereocenters. The van der Waals surface area contributed by atoms with E-state index in [1.54, 1.807) is 0 Å². The molecule has 0 radical (unpaired) electrons. The second-order valence-electron chi connectivity index (χ2n) is 10.6. The monoisotopic (exact) mass is 496 g/mol. The molecule has 4 nitrogen and oxygen atoms in total. The van der Waals surface area contributed by atoms with Crippen LogP contribution in [-0.2, 0) is 19.1 Å². The van der Waals surface area contributed by atoms with Gasteiger partial charge in [0, 0.05) is 6.42 Å². The van der Waals surface area contributed by atoms with E-state index in [4.69, 9.17) is 9.47 Å². The van der Waals surface area contributed by atoms with Gasteiger partial charge in [0.2, 0.25) is 0 Å². The summed E-state index contributed by atoms with van der Waals surface area (Å²) >= 11 is 0. The number of esters is 1. The minimum Gasteiger partial charge on any atom is -0.468 e. The summed E-state index contributed by atoms with van der Waals surface area (Å²) in [6.07, 6.45) is 29.4. The third kappa shape index (κ3) is 27.4. The number of hydrogen-bond acceptors (Lipinski definition) is 4. The van der Waals surface area contributed by atoms with E-state index in [1.807, 2.05) is 0 Å². The summed E-state index contributed by atoms with van der Waals surface area (Å²) in [5, 5.41) is 0. The Morgan fingerprint density at radius 1 is 0.571 bits per heavy atom. The van der Waals surface area contributed by atoms with Crippen LogP contribution in [0.25, 0.3) is 0 Å². The van der Waals surface area contributed by atoms with Crippen molar-refractivity contribution in [1.29, 1.82) is 0 Å². The Kier molecular flexibility index (Phi) is 28.3. The Balaban J connectivity index is 3.70. The molecule has 208 valence electrons. The lowest BCUT2D eigenvalue weighted by Crippen LogP contribution is -2.13. The first-order valence-corrected chi connectivity index (χ1v) is 15.4. The van der Waals surface area contributed by atoms with E-state index in [0.29, 0.717) is 32.0 Å².